The second-order valence-electron chi connectivity index (χ2n) is 4.50. The maximum absolute atomic E-state index is 12.5. The summed E-state index contributed by atoms with van der Waals surface area (Å²) in [6.07, 6.45) is -1.18. The third kappa shape index (κ3) is 4.10. The van der Waals surface area contributed by atoms with E-state index in [1.54, 1.807) is 0 Å². The number of halogens is 3. The van der Waals surface area contributed by atoms with E-state index in [2.05, 4.69) is 14.3 Å². The smallest absolute Gasteiger partial charge is 0.251 e. The molecule has 0 N–H and O–H groups in total. The molecule has 2 atom stereocenters. The Hall–Kier alpha value is -1.28. The molecule has 0 fully saturated rings. The lowest BCUT2D eigenvalue weighted by molar-refractivity contribution is -0.141. The molecule has 0 saturated heterocycles. The molecule has 2 unspecified atom stereocenters. The van der Waals surface area contributed by atoms with Crippen LogP contribution in [0.15, 0.2) is 28.1 Å². The van der Waals surface area contributed by atoms with E-state index in [0.29, 0.717) is 5.13 Å². The lowest BCUT2D eigenvalue weighted by atomic mass is 10.2. The van der Waals surface area contributed by atoms with Crippen molar-refractivity contribution >= 4 is 27.2 Å². The fourth-order valence-electron chi connectivity index (χ4n) is 1.60. The van der Waals surface area contributed by atoms with Crippen molar-refractivity contribution in [3.05, 3.63) is 40.7 Å². The van der Waals surface area contributed by atoms with E-state index < -0.39 is 11.9 Å². The topological polar surface area (TPSA) is 38.1 Å². The summed E-state index contributed by atoms with van der Waals surface area (Å²) < 4.78 is 42.0. The molecule has 3 nitrogen and oxygen atoms in total. The van der Waals surface area contributed by atoms with Gasteiger partial charge < -0.3 is 0 Å². The number of hydrogen-bond donors (Lipinski definition) is 0. The van der Waals surface area contributed by atoms with Gasteiger partial charge in [-0.2, -0.15) is 17.5 Å². The Bertz CT molecular complexity index is 647. The van der Waals surface area contributed by atoms with Crippen LogP contribution in [-0.2, 0) is 16.9 Å². The van der Waals surface area contributed by atoms with Crippen LogP contribution in [0.25, 0.3) is 0 Å². The highest BCUT2D eigenvalue weighted by Gasteiger charge is 2.32. The van der Waals surface area contributed by atoms with Crippen LogP contribution in [0.2, 0.25) is 0 Å². The molecule has 21 heavy (non-hydrogen) atoms. The minimum Gasteiger partial charge on any atom is -0.251 e. The van der Waals surface area contributed by atoms with E-state index in [0.717, 1.165) is 17.3 Å². The van der Waals surface area contributed by atoms with Crippen LogP contribution >= 0.6 is 11.3 Å². The van der Waals surface area contributed by atoms with Gasteiger partial charge in [-0.25, -0.2) is 4.98 Å². The molecule has 2 rings (SSSR count). The van der Waals surface area contributed by atoms with Crippen molar-refractivity contribution in [3.63, 3.8) is 0 Å². The van der Waals surface area contributed by atoms with Crippen LogP contribution in [0.1, 0.15) is 29.1 Å². The third-order valence-corrected chi connectivity index (χ3v) is 5.61. The van der Waals surface area contributed by atoms with Crippen molar-refractivity contribution in [2.24, 2.45) is 4.36 Å². The maximum atomic E-state index is 12.5. The van der Waals surface area contributed by atoms with Crippen LogP contribution in [0.4, 0.5) is 18.3 Å². The molecule has 0 spiro atoms. The van der Waals surface area contributed by atoms with Gasteiger partial charge in [-0.05, 0) is 31.7 Å². The van der Waals surface area contributed by atoms with Gasteiger partial charge in [0.25, 0.3) is 0 Å². The van der Waals surface area contributed by atoms with Gasteiger partial charge in [0.2, 0.25) is 5.13 Å². The van der Waals surface area contributed by atoms with Gasteiger partial charge in [-0.3, -0.25) is 4.98 Å². The molecule has 0 amide bonds. The number of rotatable bonds is 3. The molecule has 0 saturated carbocycles. The molecule has 2 heterocycles. The molecule has 0 aliphatic rings. The Kier molecular flexibility index (Phi) is 4.77. The van der Waals surface area contributed by atoms with Gasteiger partial charge in [0.05, 0.1) is 5.69 Å². The number of pyridine rings is 1. The monoisotopic (exact) mass is 333 g/mol. The first kappa shape index (κ1) is 16.1. The van der Waals surface area contributed by atoms with Crippen molar-refractivity contribution in [1.82, 2.24) is 9.97 Å². The SMILES string of the molecule is Cc1csc(N=S(C)C(C)c2ccc(C(F)(F)F)nc2)n1. The van der Waals surface area contributed by atoms with E-state index in [-0.39, 0.29) is 15.9 Å². The summed E-state index contributed by atoms with van der Waals surface area (Å²) in [5.74, 6) is 0. The largest absolute Gasteiger partial charge is 0.433 e. The van der Waals surface area contributed by atoms with E-state index in [4.69, 9.17) is 0 Å². The zero-order chi connectivity index (χ0) is 15.6. The molecular weight excluding hydrogens is 319 g/mol. The van der Waals surface area contributed by atoms with E-state index in [1.165, 1.54) is 23.6 Å². The molecule has 2 aromatic heterocycles. The zero-order valence-electron chi connectivity index (χ0n) is 11.7. The fraction of sp³-hybridized carbons (Fsp3) is 0.385. The molecule has 0 bridgehead atoms. The lowest BCUT2D eigenvalue weighted by Crippen LogP contribution is -2.09. The summed E-state index contributed by atoms with van der Waals surface area (Å²) in [6, 6.07) is 2.48. The number of thiazole rings is 1. The number of alkyl halides is 3. The molecule has 2 aromatic rings. The summed E-state index contributed by atoms with van der Waals surface area (Å²) >= 11 is 1.46. The van der Waals surface area contributed by atoms with Gasteiger partial charge in [-0.15, -0.1) is 11.3 Å². The Morgan fingerprint density at radius 3 is 2.52 bits per heavy atom. The van der Waals surface area contributed by atoms with Gasteiger partial charge in [0.15, 0.2) is 0 Å². The standard InChI is InChI=1S/C13H14F3N3S2/c1-8-7-20-12(18-8)19-21(3)9(2)10-4-5-11(17-6-10)13(14,15)16/h4-7,9H,1-3H3. The van der Waals surface area contributed by atoms with Crippen LogP contribution in [-0.4, -0.2) is 16.2 Å². The van der Waals surface area contributed by atoms with Crippen molar-refractivity contribution in [3.8, 4) is 0 Å². The minimum absolute atomic E-state index is 0.0102. The Labute approximate surface area is 127 Å². The van der Waals surface area contributed by atoms with Crippen molar-refractivity contribution in [1.29, 1.82) is 0 Å². The Balaban J connectivity index is 2.19. The van der Waals surface area contributed by atoms with Gasteiger partial charge >= 0.3 is 6.18 Å². The van der Waals surface area contributed by atoms with Gasteiger partial charge in [0, 0.05) is 16.8 Å². The fourth-order valence-corrected chi connectivity index (χ4v) is 3.62. The Morgan fingerprint density at radius 2 is 2.05 bits per heavy atom. The molecular formula is C13H14F3N3S2. The lowest BCUT2D eigenvalue weighted by Gasteiger charge is -2.13. The van der Waals surface area contributed by atoms with E-state index in [1.807, 2.05) is 25.5 Å². The highest BCUT2D eigenvalue weighted by molar-refractivity contribution is 7.87. The zero-order valence-corrected chi connectivity index (χ0v) is 13.3. The highest BCUT2D eigenvalue weighted by atomic mass is 32.2. The molecule has 0 aliphatic heterocycles. The first-order valence-electron chi connectivity index (χ1n) is 6.09. The van der Waals surface area contributed by atoms with Crippen LogP contribution < -0.4 is 0 Å². The summed E-state index contributed by atoms with van der Waals surface area (Å²) in [6.45, 7) is 3.82. The maximum Gasteiger partial charge on any atom is 0.433 e. The first-order valence-corrected chi connectivity index (χ1v) is 8.62. The number of aromatic nitrogens is 2. The summed E-state index contributed by atoms with van der Waals surface area (Å²) in [5.41, 5.74) is 0.785. The molecule has 0 aliphatic carbocycles. The van der Waals surface area contributed by atoms with Crippen LogP contribution in [0.5, 0.6) is 0 Å². The number of hydrogen-bond acceptors (Lipinski definition) is 4. The predicted molar refractivity (Wildman–Crippen MR) is 79.9 cm³/mol. The Morgan fingerprint density at radius 1 is 1.33 bits per heavy atom. The van der Waals surface area contributed by atoms with Crippen molar-refractivity contribution in [2.75, 3.05) is 6.26 Å². The molecule has 114 valence electrons. The van der Waals surface area contributed by atoms with Gasteiger partial charge in [0.1, 0.15) is 5.69 Å². The van der Waals surface area contributed by atoms with Gasteiger partial charge in [-0.1, -0.05) is 16.8 Å². The quantitative estimate of drug-likeness (QED) is 0.817. The van der Waals surface area contributed by atoms with Crippen molar-refractivity contribution < 1.29 is 13.2 Å². The average Bonchev–Trinajstić information content (AvgIpc) is 2.82. The van der Waals surface area contributed by atoms with Crippen LogP contribution in [0, 0.1) is 6.92 Å². The second-order valence-corrected chi connectivity index (χ2v) is 7.28. The second kappa shape index (κ2) is 6.23. The van der Waals surface area contributed by atoms with E-state index in [9.17, 15) is 13.2 Å². The number of aryl methyl sites for hydroxylation is 1. The molecule has 0 aromatic carbocycles. The predicted octanol–water partition coefficient (Wildman–Crippen LogP) is 4.69. The highest BCUT2D eigenvalue weighted by Crippen LogP contribution is 2.29. The minimum atomic E-state index is -4.40. The number of nitrogens with zero attached hydrogens (tertiary/aromatic N) is 3. The molecule has 0 radical (unpaired) electrons. The first-order chi connectivity index (χ1) is 9.77. The summed E-state index contributed by atoms with van der Waals surface area (Å²) in [5, 5.41) is 2.61. The summed E-state index contributed by atoms with van der Waals surface area (Å²) in [4.78, 5) is 7.76. The molecule has 8 heteroatoms. The van der Waals surface area contributed by atoms with Crippen LogP contribution in [0.3, 0.4) is 0 Å². The normalized spacial score (nSPS) is 15.1. The van der Waals surface area contributed by atoms with Crippen molar-refractivity contribution in [2.45, 2.75) is 25.3 Å². The van der Waals surface area contributed by atoms with E-state index >= 15 is 0 Å². The third-order valence-electron chi connectivity index (χ3n) is 2.89. The summed E-state index contributed by atoms with van der Waals surface area (Å²) in [7, 11) is -0.379. The average molecular weight is 333 g/mol.